The van der Waals surface area contributed by atoms with Gasteiger partial charge in [0.15, 0.2) is 10.1 Å². The summed E-state index contributed by atoms with van der Waals surface area (Å²) in [6.45, 7) is -1.66. The molecule has 0 radical (unpaired) electrons. The van der Waals surface area contributed by atoms with Crippen molar-refractivity contribution in [3.8, 4) is 0 Å². The molecule has 0 heterocycles. The van der Waals surface area contributed by atoms with E-state index in [-0.39, 0.29) is 5.56 Å². The van der Waals surface area contributed by atoms with E-state index in [1.807, 2.05) is 0 Å². The lowest BCUT2D eigenvalue weighted by molar-refractivity contribution is -0.353. The number of halogens is 8. The van der Waals surface area contributed by atoms with Crippen molar-refractivity contribution in [2.75, 3.05) is 6.61 Å². The topological polar surface area (TPSA) is 122 Å². The van der Waals surface area contributed by atoms with Crippen LogP contribution in [0.2, 0.25) is 0 Å². The Balaban J connectivity index is 3.43. The van der Waals surface area contributed by atoms with Gasteiger partial charge in [-0.1, -0.05) is 36.9 Å². The zero-order valence-corrected chi connectivity index (χ0v) is 16.6. The molecule has 0 saturated heterocycles. The van der Waals surface area contributed by atoms with Gasteiger partial charge in [-0.3, -0.25) is 4.79 Å². The van der Waals surface area contributed by atoms with Crippen molar-refractivity contribution in [3.05, 3.63) is 48.0 Å². The number of rotatable bonds is 9. The molecule has 1 amide bonds. The number of carbonyl (C=O) groups is 2. The number of hydrogen-bond acceptors (Lipinski definition) is 7. The number of carbonyl (C=O) groups excluding carboxylic acids is 2. The van der Waals surface area contributed by atoms with E-state index in [1.165, 1.54) is 35.6 Å². The Morgan fingerprint density at radius 3 is 1.94 bits per heavy atom. The molecule has 8 nitrogen and oxygen atoms in total. The molecule has 0 saturated carbocycles. The smallest absolute Gasteiger partial charge is 0.466 e. The Hall–Kier alpha value is -2.79. The first-order valence-corrected chi connectivity index (χ1v) is 9.51. The maximum Gasteiger partial charge on any atom is 0.466 e. The van der Waals surface area contributed by atoms with Gasteiger partial charge in [0.1, 0.15) is 12.2 Å². The molecular formula is C16H12F8NO7S-. The lowest BCUT2D eigenvalue weighted by atomic mass is 10.2. The minimum Gasteiger partial charge on any atom is -0.743 e. The van der Waals surface area contributed by atoms with Gasteiger partial charge in [-0.25, -0.2) is 13.2 Å². The summed E-state index contributed by atoms with van der Waals surface area (Å²) in [5, 5.41) is -4.14. The maximum atomic E-state index is 13.7. The van der Waals surface area contributed by atoms with Gasteiger partial charge in [0.25, 0.3) is 0 Å². The molecule has 1 unspecified atom stereocenters. The van der Waals surface area contributed by atoms with Crippen LogP contribution in [-0.4, -0.2) is 54.8 Å². The van der Waals surface area contributed by atoms with Crippen LogP contribution >= 0.6 is 0 Å². The van der Waals surface area contributed by atoms with Crippen molar-refractivity contribution < 1.29 is 67.2 Å². The van der Waals surface area contributed by atoms with Crippen LogP contribution in [0.1, 0.15) is 5.56 Å². The second kappa shape index (κ2) is 9.60. The molecule has 1 atom stereocenters. The van der Waals surface area contributed by atoms with Crippen molar-refractivity contribution >= 4 is 22.0 Å². The van der Waals surface area contributed by atoms with Crippen LogP contribution in [-0.2, 0) is 35.7 Å². The third kappa shape index (κ3) is 6.84. The van der Waals surface area contributed by atoms with Crippen molar-refractivity contribution in [1.29, 1.82) is 0 Å². The molecule has 0 aromatic heterocycles. The predicted molar refractivity (Wildman–Crippen MR) is 89.0 cm³/mol. The molecule has 0 aliphatic rings. The zero-order valence-electron chi connectivity index (χ0n) is 15.8. The van der Waals surface area contributed by atoms with E-state index in [9.17, 15) is 57.7 Å². The fourth-order valence-electron chi connectivity index (χ4n) is 1.87. The Morgan fingerprint density at radius 1 is 1.00 bits per heavy atom. The first-order chi connectivity index (χ1) is 14.7. The van der Waals surface area contributed by atoms with Crippen LogP contribution in [0.4, 0.5) is 35.1 Å². The van der Waals surface area contributed by atoms with Crippen molar-refractivity contribution in [2.24, 2.45) is 0 Å². The van der Waals surface area contributed by atoms with Crippen LogP contribution in [0.3, 0.4) is 0 Å². The van der Waals surface area contributed by atoms with E-state index in [0.717, 1.165) is 0 Å². The molecule has 33 heavy (non-hydrogen) atoms. The largest absolute Gasteiger partial charge is 0.743 e. The van der Waals surface area contributed by atoms with E-state index < -0.39 is 64.1 Å². The third-order valence-electron chi connectivity index (χ3n) is 3.60. The van der Waals surface area contributed by atoms with E-state index in [0.29, 0.717) is 0 Å². The highest BCUT2D eigenvalue weighted by Crippen LogP contribution is 2.39. The summed E-state index contributed by atoms with van der Waals surface area (Å²) >= 11 is 0. The molecule has 1 aromatic rings. The maximum absolute atomic E-state index is 13.7. The summed E-state index contributed by atoms with van der Waals surface area (Å²) in [7, 11) is -6.66. The number of hydrogen-bond donors (Lipinski definition) is 1. The normalized spacial score (nSPS) is 14.8. The summed E-state index contributed by atoms with van der Waals surface area (Å²) in [4.78, 5) is 23.8. The minimum atomic E-state index is -6.66. The van der Waals surface area contributed by atoms with Gasteiger partial charge in [-0.15, -0.1) is 0 Å². The molecule has 1 rings (SSSR count). The van der Waals surface area contributed by atoms with Gasteiger partial charge in [-0.2, -0.15) is 35.1 Å². The molecule has 0 fully saturated rings. The van der Waals surface area contributed by atoms with E-state index in [4.69, 9.17) is 0 Å². The van der Waals surface area contributed by atoms with Crippen LogP contribution in [0.5, 0.6) is 0 Å². The third-order valence-corrected chi connectivity index (χ3v) is 4.45. The Morgan fingerprint density at radius 2 is 1.52 bits per heavy atom. The highest BCUT2D eigenvalue weighted by molar-refractivity contribution is 7.86. The summed E-state index contributed by atoms with van der Waals surface area (Å²) in [6, 6.07) is 6.70. The average Bonchev–Trinajstić information content (AvgIpc) is 2.66. The molecule has 0 aliphatic carbocycles. The number of benzene rings is 1. The molecule has 1 aromatic carbocycles. The summed E-state index contributed by atoms with van der Waals surface area (Å²) in [6.07, 6.45) is -12.0. The molecule has 17 heteroatoms. The molecular weight excluding hydrogens is 502 g/mol. The van der Waals surface area contributed by atoms with Gasteiger partial charge < -0.3 is 19.3 Å². The number of alkyl halides is 8. The summed E-state index contributed by atoms with van der Waals surface area (Å²) < 4.78 is 144. The second-order valence-corrected chi connectivity index (χ2v) is 7.53. The Kier molecular flexibility index (Phi) is 8.22. The SMILES string of the molecule is C=C(C(=O)OC(OCC(F)(F)S(=O)(=O)[O-])(C(=O)NCc1ccccc1)C(F)(F)F)C(F)(F)F. The number of esters is 1. The van der Waals surface area contributed by atoms with Gasteiger partial charge in [-0.05, 0) is 5.56 Å². The van der Waals surface area contributed by atoms with Crippen LogP contribution in [0.25, 0.3) is 0 Å². The molecule has 1 N–H and O–H groups in total. The number of ether oxygens (including phenoxy) is 2. The fraction of sp³-hybridized carbons (Fsp3) is 0.375. The van der Waals surface area contributed by atoms with E-state index >= 15 is 0 Å². The lowest BCUT2D eigenvalue weighted by Gasteiger charge is -2.34. The molecule has 0 spiro atoms. The highest BCUT2D eigenvalue weighted by atomic mass is 32.2. The monoisotopic (exact) mass is 514 g/mol. The van der Waals surface area contributed by atoms with Crippen LogP contribution in [0.15, 0.2) is 42.5 Å². The van der Waals surface area contributed by atoms with Gasteiger partial charge >= 0.3 is 35.3 Å². The lowest BCUT2D eigenvalue weighted by Crippen LogP contribution is -2.62. The Bertz CT molecular complexity index is 992. The quantitative estimate of drug-likeness (QED) is 0.177. The molecule has 186 valence electrons. The van der Waals surface area contributed by atoms with Gasteiger partial charge in [0, 0.05) is 6.54 Å². The van der Waals surface area contributed by atoms with Gasteiger partial charge in [0.05, 0.1) is 0 Å². The summed E-state index contributed by atoms with van der Waals surface area (Å²) in [5.74, 6) is -10.8. The number of nitrogens with one attached hydrogen (secondary N) is 1. The van der Waals surface area contributed by atoms with Crippen LogP contribution in [0, 0.1) is 0 Å². The van der Waals surface area contributed by atoms with Gasteiger partial charge in [0.2, 0.25) is 0 Å². The predicted octanol–water partition coefficient (Wildman–Crippen LogP) is 2.38. The van der Waals surface area contributed by atoms with Crippen molar-refractivity contribution in [2.45, 2.75) is 29.9 Å². The van der Waals surface area contributed by atoms with Crippen molar-refractivity contribution in [1.82, 2.24) is 5.32 Å². The summed E-state index contributed by atoms with van der Waals surface area (Å²) in [5.41, 5.74) is -2.49. The zero-order chi connectivity index (χ0) is 25.9. The Labute approximate surface area is 179 Å². The van der Waals surface area contributed by atoms with E-state index in [1.54, 1.807) is 0 Å². The second-order valence-electron chi connectivity index (χ2n) is 6.03. The first kappa shape index (κ1) is 28.2. The minimum absolute atomic E-state index is 0.0976. The van der Waals surface area contributed by atoms with Crippen LogP contribution < -0.4 is 5.32 Å². The van der Waals surface area contributed by atoms with E-state index in [2.05, 4.69) is 16.1 Å². The molecule has 0 bridgehead atoms. The van der Waals surface area contributed by atoms with Crippen molar-refractivity contribution in [3.63, 3.8) is 0 Å². The number of amides is 1. The average molecular weight is 514 g/mol. The first-order valence-electron chi connectivity index (χ1n) is 8.10. The fourth-order valence-corrected chi connectivity index (χ4v) is 2.07. The molecule has 0 aliphatic heterocycles. The highest BCUT2D eigenvalue weighted by Gasteiger charge is 2.68. The standard InChI is InChI=1S/C16H13F8NO7S/c1-9(15(19,20)21)11(26)32-14(16(22,23)24,31-8-13(17,18)33(28,29)30)12(27)25-7-10-5-3-2-4-6-10/h2-6H,1,7-8H2,(H,25,27)(H,28,29,30)/p-1.